The summed E-state index contributed by atoms with van der Waals surface area (Å²) >= 11 is 0. The summed E-state index contributed by atoms with van der Waals surface area (Å²) in [4.78, 5) is 0. The Morgan fingerprint density at radius 3 is 0.362 bits per heavy atom. The Balaban J connectivity index is -0.000000184. The third-order valence-corrected chi connectivity index (χ3v) is 10.6. The van der Waals surface area contributed by atoms with Gasteiger partial charge < -0.3 is 12.4 Å². The minimum Gasteiger partial charge on any atom is -0.421 e. The Labute approximate surface area is 269 Å². The van der Waals surface area contributed by atoms with Crippen LogP contribution in [0, 0.1) is 0 Å². The van der Waals surface area contributed by atoms with Crippen molar-refractivity contribution in [3.05, 3.63) is 12.4 Å². The van der Waals surface area contributed by atoms with E-state index in [4.69, 9.17) is 0 Å². The predicted octanol–water partition coefficient (Wildman–Crippen LogP) is 0.179. The molecule has 0 fully saturated rings. The fraction of sp³-hybridized carbons (Fsp3) is 1.00. The fourth-order valence-electron chi connectivity index (χ4n) is 0.641. The molecule has 0 aliphatic heterocycles. The maximum Gasteiger partial charge on any atom is 2.00 e. The molecule has 0 bridgehead atoms. The molecule has 283 valence electrons. The van der Waals surface area contributed by atoms with Gasteiger partial charge in [0.25, 0.3) is 0 Å². The Morgan fingerprint density at radius 2 is 0.319 bits per heavy atom. The summed E-state index contributed by atoms with van der Waals surface area (Å²) in [6.07, 6.45) is 0. The topological polar surface area (TPSA) is 247 Å². The molecule has 0 amide bonds. The van der Waals surface area contributed by atoms with Crippen molar-refractivity contribution in [3.8, 4) is 0 Å². The van der Waals surface area contributed by atoms with E-state index in [9.17, 15) is 130 Å². The zero-order valence-corrected chi connectivity index (χ0v) is 25.8. The number of hydrogen-bond acceptors (Lipinski definition) is 12. The van der Waals surface area contributed by atoms with E-state index in [-0.39, 0.29) is 35.6 Å². The van der Waals surface area contributed by atoms with Crippen LogP contribution in [-0.2, 0) is 76.9 Å². The zero-order chi connectivity index (χ0) is 38.1. The number of sulfonamides is 6. The summed E-state index contributed by atoms with van der Waals surface area (Å²) in [6.45, 7) is 0. The van der Waals surface area contributed by atoms with Crippen molar-refractivity contribution < 1.29 is 165 Å². The van der Waals surface area contributed by atoms with E-state index in [0.29, 0.717) is 0 Å². The van der Waals surface area contributed by atoms with Crippen LogP contribution in [-0.4, -0.2) is 83.6 Å². The van der Waals surface area contributed by atoms with Gasteiger partial charge in [0.2, 0.25) is 0 Å². The third kappa shape index (κ3) is 16.8. The molecule has 0 aromatic carbocycles. The molecule has 0 aromatic rings. The molecule has 0 heterocycles. The van der Waals surface area contributed by atoms with Gasteiger partial charge in [-0.2, -0.15) is 79.0 Å². The molecule has 0 aliphatic carbocycles. The van der Waals surface area contributed by atoms with Crippen LogP contribution in [0.15, 0.2) is 0 Å². The number of alkyl halides is 18. The second-order valence-electron chi connectivity index (χ2n) is 5.75. The SMILES string of the molecule is O=S(=O)([N-]S(=O)(=O)C(F)(F)F)C(F)(F)F.O=S(=O)([N-]S(=O)(=O)C(F)(F)F)C(F)(F)F.O=S(=O)([N-]S(=O)(=O)C(F)(F)F)C(F)(F)F.[Co+2].[Li+]. The zero-order valence-electron chi connectivity index (χ0n) is 19.8. The van der Waals surface area contributed by atoms with E-state index < -0.39 is 93.2 Å². The largest absolute Gasteiger partial charge is 2.00 e. The van der Waals surface area contributed by atoms with Crippen molar-refractivity contribution in [1.29, 1.82) is 0 Å². The maximum atomic E-state index is 11.4. The molecule has 0 aliphatic rings. The molecule has 0 atom stereocenters. The molecule has 0 aromatic heterocycles. The van der Waals surface area contributed by atoms with Gasteiger partial charge in [-0.05, 0) is 0 Å². The van der Waals surface area contributed by atoms with Crippen molar-refractivity contribution in [2.24, 2.45) is 0 Å². The average Bonchev–Trinajstić information content (AvgIpc) is 2.61. The molecule has 0 saturated heterocycles. The molecule has 0 unspecified atom stereocenters. The monoisotopic (exact) mass is 906 g/mol. The van der Waals surface area contributed by atoms with Crippen LogP contribution in [0.5, 0.6) is 0 Å². The van der Waals surface area contributed by atoms with Crippen LogP contribution in [0.25, 0.3) is 12.4 Å². The van der Waals surface area contributed by atoms with Gasteiger partial charge in [0.15, 0.2) is 60.1 Å². The molecule has 0 rings (SSSR count). The maximum absolute atomic E-state index is 11.4. The summed E-state index contributed by atoms with van der Waals surface area (Å²) in [6, 6.07) is 0. The van der Waals surface area contributed by atoms with Crippen LogP contribution < -0.4 is 18.9 Å². The summed E-state index contributed by atoms with van der Waals surface area (Å²) in [5.41, 5.74) is -37.2. The Bertz CT molecular complexity index is 1370. The first-order chi connectivity index (χ1) is 18.6. The van der Waals surface area contributed by atoms with Crippen molar-refractivity contribution in [1.82, 2.24) is 0 Å². The molecule has 1 radical (unpaired) electrons. The van der Waals surface area contributed by atoms with Gasteiger partial charge in [0.05, 0.1) is 0 Å². The van der Waals surface area contributed by atoms with Crippen LogP contribution in [0.1, 0.15) is 0 Å². The first-order valence-electron chi connectivity index (χ1n) is 7.72. The summed E-state index contributed by atoms with van der Waals surface area (Å²) in [7, 11) is -40.3. The first-order valence-corrected chi connectivity index (χ1v) is 16.4. The molecule has 0 spiro atoms. The van der Waals surface area contributed by atoms with Gasteiger partial charge in [0.1, 0.15) is 0 Å². The van der Waals surface area contributed by atoms with E-state index in [1.165, 1.54) is 0 Å². The second-order valence-corrected chi connectivity index (χ2v) is 16.0. The summed E-state index contributed by atoms with van der Waals surface area (Å²) in [5.74, 6) is 0. The Kier molecular flexibility index (Phi) is 19.2. The number of hydrogen-bond donors (Lipinski definition) is 0. The molecular formula is C6CoF18LiN3O12S6. The molecule has 0 N–H and O–H groups in total. The fourth-order valence-corrected chi connectivity index (χ4v) is 5.77. The van der Waals surface area contributed by atoms with Gasteiger partial charge in [-0.3, -0.25) is 0 Å². The van der Waals surface area contributed by atoms with Crippen LogP contribution in [0.2, 0.25) is 0 Å². The van der Waals surface area contributed by atoms with Crippen LogP contribution in [0.4, 0.5) is 79.0 Å². The normalized spacial score (nSPS) is 14.7. The van der Waals surface area contributed by atoms with Crippen molar-refractivity contribution in [2.45, 2.75) is 33.0 Å². The molecule has 15 nitrogen and oxygen atoms in total. The van der Waals surface area contributed by atoms with E-state index in [2.05, 4.69) is 0 Å². The molecule has 41 heteroatoms. The number of rotatable bonds is 6. The summed E-state index contributed by atoms with van der Waals surface area (Å²) in [5, 5.41) is 0. The first kappa shape index (κ1) is 55.8. The predicted molar refractivity (Wildman–Crippen MR) is 99.9 cm³/mol. The second kappa shape index (κ2) is 16.2. The third-order valence-electron chi connectivity index (χ3n) is 2.34. The van der Waals surface area contributed by atoms with Crippen molar-refractivity contribution >= 4 is 60.1 Å². The van der Waals surface area contributed by atoms with E-state index in [0.717, 1.165) is 12.4 Å². The van der Waals surface area contributed by atoms with Gasteiger partial charge in [-0.1, -0.05) is 0 Å². The van der Waals surface area contributed by atoms with Crippen molar-refractivity contribution in [3.63, 3.8) is 0 Å². The molecular weight excluding hydrogens is 906 g/mol. The van der Waals surface area contributed by atoms with Crippen LogP contribution in [0.3, 0.4) is 0 Å². The summed E-state index contributed by atoms with van der Waals surface area (Å²) < 4.78 is 328. The van der Waals surface area contributed by atoms with E-state index in [1.54, 1.807) is 0 Å². The minimum absolute atomic E-state index is 0. The van der Waals surface area contributed by atoms with Crippen molar-refractivity contribution in [2.75, 3.05) is 0 Å². The number of nitrogens with zero attached hydrogens (tertiary/aromatic N) is 3. The van der Waals surface area contributed by atoms with E-state index in [1.807, 2.05) is 0 Å². The smallest absolute Gasteiger partial charge is 0.421 e. The van der Waals surface area contributed by atoms with Gasteiger partial charge in [0, 0.05) is 0 Å². The van der Waals surface area contributed by atoms with Gasteiger partial charge >= 0.3 is 68.7 Å². The average molecular weight is 906 g/mol. The molecule has 47 heavy (non-hydrogen) atoms. The van der Waals surface area contributed by atoms with Gasteiger partial charge in [-0.15, -0.1) is 0 Å². The van der Waals surface area contributed by atoms with Gasteiger partial charge in [-0.25, -0.2) is 50.5 Å². The van der Waals surface area contributed by atoms with Crippen LogP contribution >= 0.6 is 0 Å². The standard InChI is InChI=1S/3C2F6NO4S2.Co.Li/c3*3-1(4,5)14(10,11)9-15(12,13)2(6,7)8;;/q3*-1;+2;+1. The Morgan fingerprint density at radius 1 is 0.255 bits per heavy atom. The molecule has 0 saturated carbocycles. The number of halogens is 18. The minimum atomic E-state index is -6.72. The quantitative estimate of drug-likeness (QED) is 0.256. The van der Waals surface area contributed by atoms with E-state index >= 15 is 0 Å². The Hall–Kier alpha value is -0.576.